The summed E-state index contributed by atoms with van der Waals surface area (Å²) in [6.45, 7) is 0.0546. The van der Waals surface area contributed by atoms with E-state index in [0.29, 0.717) is 5.65 Å². The topological polar surface area (TPSA) is 130 Å². The van der Waals surface area contributed by atoms with Crippen molar-refractivity contribution in [3.05, 3.63) is 16.7 Å². The number of aromatic amines is 1. The normalized spacial score (nSPS) is 23.7. The van der Waals surface area contributed by atoms with E-state index in [1.165, 1.54) is 6.33 Å². The lowest BCUT2D eigenvalue weighted by molar-refractivity contribution is 0.00115. The Hall–Kier alpha value is -1.93. The number of nitrogens with two attached hydrogens (primary N) is 1. The van der Waals surface area contributed by atoms with Crippen molar-refractivity contribution in [3.63, 3.8) is 0 Å². The highest BCUT2D eigenvalue weighted by molar-refractivity contribution is 5.70. The van der Waals surface area contributed by atoms with Gasteiger partial charge in [-0.3, -0.25) is 9.78 Å². The quantitative estimate of drug-likeness (QED) is 0.555. The number of nitrogen functional groups attached to an aromatic ring is 1. The fraction of sp³-hybridized carbons (Fsp3) is 0.545. The van der Waals surface area contributed by atoms with Crippen molar-refractivity contribution in [2.75, 3.05) is 18.9 Å². The molecule has 0 spiro atoms. The second-order valence-electron chi connectivity index (χ2n) is 4.89. The highest BCUT2D eigenvalue weighted by Crippen LogP contribution is 2.44. The number of hydrogen-bond donors (Lipinski definition) is 4. The summed E-state index contributed by atoms with van der Waals surface area (Å²) in [5.41, 5.74) is 5.76. The monoisotopic (exact) mass is 265 g/mol. The molecule has 1 aliphatic rings. The first-order valence-electron chi connectivity index (χ1n) is 6.09. The molecule has 8 heteroatoms. The summed E-state index contributed by atoms with van der Waals surface area (Å²) < 4.78 is 1.73. The Morgan fingerprint density at radius 2 is 2.11 bits per heavy atom. The fourth-order valence-electron chi connectivity index (χ4n) is 2.84. The molecule has 1 aliphatic carbocycles. The maximum Gasteiger partial charge on any atom is 0.280 e. The van der Waals surface area contributed by atoms with Crippen LogP contribution in [0, 0.1) is 11.8 Å². The van der Waals surface area contributed by atoms with Crippen LogP contribution in [-0.4, -0.2) is 42.9 Å². The second-order valence-corrected chi connectivity index (χ2v) is 4.89. The molecule has 19 heavy (non-hydrogen) atoms. The summed E-state index contributed by atoms with van der Waals surface area (Å²) >= 11 is 0. The van der Waals surface area contributed by atoms with E-state index >= 15 is 0 Å². The summed E-state index contributed by atoms with van der Waals surface area (Å²) in [4.78, 5) is 22.2. The van der Waals surface area contributed by atoms with Gasteiger partial charge in [-0.15, -0.1) is 0 Å². The van der Waals surface area contributed by atoms with Crippen molar-refractivity contribution < 1.29 is 10.2 Å². The summed E-state index contributed by atoms with van der Waals surface area (Å²) in [7, 11) is 0. The van der Waals surface area contributed by atoms with Crippen LogP contribution in [-0.2, 0) is 0 Å². The van der Waals surface area contributed by atoms with Crippen molar-refractivity contribution >= 4 is 17.1 Å². The number of aromatic nitrogens is 4. The zero-order valence-corrected chi connectivity index (χ0v) is 10.2. The van der Waals surface area contributed by atoms with Gasteiger partial charge in [-0.1, -0.05) is 0 Å². The minimum atomic E-state index is -0.387. The van der Waals surface area contributed by atoms with E-state index in [1.807, 2.05) is 0 Å². The lowest BCUT2D eigenvalue weighted by Gasteiger charge is -2.43. The smallest absolute Gasteiger partial charge is 0.280 e. The number of hydrogen-bond acceptors (Lipinski definition) is 6. The molecule has 0 saturated heterocycles. The SMILES string of the molecule is Nc1nc2c(ncn2C2[C@H](CO)C[C@H]2CO)c(=O)[nH]1. The molecule has 0 aliphatic heterocycles. The second kappa shape index (κ2) is 4.32. The van der Waals surface area contributed by atoms with E-state index < -0.39 is 0 Å². The van der Waals surface area contributed by atoms with Crippen LogP contribution >= 0.6 is 0 Å². The molecule has 2 aromatic rings. The van der Waals surface area contributed by atoms with Gasteiger partial charge in [0.15, 0.2) is 11.2 Å². The Morgan fingerprint density at radius 3 is 2.74 bits per heavy atom. The van der Waals surface area contributed by atoms with Crippen LogP contribution in [0.5, 0.6) is 0 Å². The van der Waals surface area contributed by atoms with Gasteiger partial charge in [0.25, 0.3) is 5.56 Å². The van der Waals surface area contributed by atoms with Gasteiger partial charge in [-0.2, -0.15) is 4.98 Å². The van der Waals surface area contributed by atoms with Crippen molar-refractivity contribution in [1.29, 1.82) is 0 Å². The molecule has 0 amide bonds. The predicted octanol–water partition coefficient (Wildman–Crippen LogP) is -1.14. The number of nitrogens with zero attached hydrogens (tertiary/aromatic N) is 3. The lowest BCUT2D eigenvalue weighted by atomic mass is 9.70. The van der Waals surface area contributed by atoms with E-state index in [1.54, 1.807) is 4.57 Å². The van der Waals surface area contributed by atoms with Gasteiger partial charge >= 0.3 is 0 Å². The minimum absolute atomic E-state index is 0.0273. The first kappa shape index (κ1) is 12.1. The molecule has 8 nitrogen and oxygen atoms in total. The van der Waals surface area contributed by atoms with E-state index in [-0.39, 0.29) is 48.1 Å². The van der Waals surface area contributed by atoms with E-state index in [4.69, 9.17) is 5.73 Å². The Kier molecular flexibility index (Phi) is 2.76. The van der Waals surface area contributed by atoms with Gasteiger partial charge in [0.1, 0.15) is 0 Å². The van der Waals surface area contributed by atoms with Crippen molar-refractivity contribution in [1.82, 2.24) is 19.5 Å². The van der Waals surface area contributed by atoms with Crippen LogP contribution < -0.4 is 11.3 Å². The number of fused-ring (bicyclic) bond motifs is 1. The molecule has 2 aromatic heterocycles. The third-order valence-electron chi connectivity index (χ3n) is 3.81. The molecule has 5 N–H and O–H groups in total. The third-order valence-corrected chi connectivity index (χ3v) is 3.81. The molecule has 102 valence electrons. The molecular formula is C11H15N5O3. The van der Waals surface area contributed by atoms with E-state index in [2.05, 4.69) is 15.0 Å². The van der Waals surface area contributed by atoms with Crippen LogP contribution in [0.4, 0.5) is 5.95 Å². The fourth-order valence-corrected chi connectivity index (χ4v) is 2.84. The maximum atomic E-state index is 11.7. The van der Waals surface area contributed by atoms with Gasteiger partial charge in [0.05, 0.1) is 6.33 Å². The summed E-state index contributed by atoms with van der Waals surface area (Å²) in [5.74, 6) is 0.105. The van der Waals surface area contributed by atoms with Gasteiger partial charge in [0.2, 0.25) is 5.95 Å². The van der Waals surface area contributed by atoms with Crippen LogP contribution in [0.15, 0.2) is 11.1 Å². The molecule has 0 bridgehead atoms. The highest BCUT2D eigenvalue weighted by atomic mass is 16.3. The van der Waals surface area contributed by atoms with Crippen molar-refractivity contribution in [2.45, 2.75) is 12.5 Å². The van der Waals surface area contributed by atoms with Crippen LogP contribution in [0.3, 0.4) is 0 Å². The number of rotatable bonds is 3. The first-order valence-corrected chi connectivity index (χ1v) is 6.09. The molecule has 2 heterocycles. The Labute approximate surface area is 107 Å². The van der Waals surface area contributed by atoms with Crippen LogP contribution in [0.2, 0.25) is 0 Å². The molecule has 3 rings (SSSR count). The molecular weight excluding hydrogens is 250 g/mol. The summed E-state index contributed by atoms with van der Waals surface area (Å²) in [5, 5.41) is 18.6. The van der Waals surface area contributed by atoms with Crippen LogP contribution in [0.1, 0.15) is 12.5 Å². The zero-order valence-electron chi connectivity index (χ0n) is 10.2. The summed E-state index contributed by atoms with van der Waals surface area (Å²) in [6, 6.07) is -0.103. The Bertz CT molecular complexity index is 654. The zero-order chi connectivity index (χ0) is 13.6. The summed E-state index contributed by atoms with van der Waals surface area (Å²) in [6.07, 6.45) is 2.26. The number of nitrogens with one attached hydrogen (secondary N) is 1. The largest absolute Gasteiger partial charge is 0.396 e. The molecule has 0 radical (unpaired) electrons. The van der Waals surface area contributed by atoms with Crippen LogP contribution in [0.25, 0.3) is 11.2 Å². The van der Waals surface area contributed by atoms with Gasteiger partial charge in [-0.05, 0) is 6.42 Å². The highest BCUT2D eigenvalue weighted by Gasteiger charge is 2.42. The Balaban J connectivity index is 2.12. The number of imidazole rings is 1. The average Bonchev–Trinajstić information content (AvgIpc) is 2.73. The number of H-pyrrole nitrogens is 1. The van der Waals surface area contributed by atoms with Gasteiger partial charge in [-0.25, -0.2) is 4.98 Å². The van der Waals surface area contributed by atoms with E-state index in [9.17, 15) is 15.0 Å². The lowest BCUT2D eigenvalue weighted by Crippen LogP contribution is -2.42. The average molecular weight is 265 g/mol. The van der Waals surface area contributed by atoms with Gasteiger partial charge < -0.3 is 20.5 Å². The maximum absolute atomic E-state index is 11.7. The number of aliphatic hydroxyl groups is 2. The van der Waals surface area contributed by atoms with E-state index in [0.717, 1.165) is 6.42 Å². The van der Waals surface area contributed by atoms with Crippen molar-refractivity contribution in [2.24, 2.45) is 11.8 Å². The minimum Gasteiger partial charge on any atom is -0.396 e. The number of anilines is 1. The molecule has 2 atom stereocenters. The predicted molar refractivity (Wildman–Crippen MR) is 67.4 cm³/mol. The molecule has 0 unspecified atom stereocenters. The molecule has 0 aromatic carbocycles. The first-order chi connectivity index (χ1) is 9.15. The van der Waals surface area contributed by atoms with Gasteiger partial charge in [0, 0.05) is 31.1 Å². The molecule has 1 fully saturated rings. The number of aliphatic hydroxyl groups excluding tert-OH is 2. The van der Waals surface area contributed by atoms with Crippen molar-refractivity contribution in [3.8, 4) is 0 Å². The Morgan fingerprint density at radius 1 is 1.42 bits per heavy atom. The standard InChI is InChI=1S/C11H15N5O3/c12-11-14-9-7(10(19)15-11)13-4-16(9)8-5(2-17)1-6(8)3-18/h4-6,8,17-18H,1-3H2,(H3,12,14,15,19)/t5-,6-/m0/s1. The third kappa shape index (κ3) is 1.71. The molecule has 1 saturated carbocycles.